The summed E-state index contributed by atoms with van der Waals surface area (Å²) in [6.07, 6.45) is 10.5. The summed E-state index contributed by atoms with van der Waals surface area (Å²) in [7, 11) is 0. The lowest BCUT2D eigenvalue weighted by molar-refractivity contribution is -0.136. The molecule has 6 rings (SSSR count). The third kappa shape index (κ3) is 4.44. The van der Waals surface area contributed by atoms with E-state index in [1.807, 2.05) is 12.1 Å². The molecule has 3 heterocycles. The summed E-state index contributed by atoms with van der Waals surface area (Å²) >= 11 is 0. The van der Waals surface area contributed by atoms with E-state index in [-0.39, 0.29) is 24.1 Å². The normalized spacial score (nSPS) is 27.5. The Labute approximate surface area is 204 Å². The number of benzene rings is 1. The summed E-state index contributed by atoms with van der Waals surface area (Å²) < 4.78 is 0. The van der Waals surface area contributed by atoms with E-state index in [0.29, 0.717) is 36.4 Å². The van der Waals surface area contributed by atoms with Crippen LogP contribution in [-0.2, 0) is 16.1 Å². The summed E-state index contributed by atoms with van der Waals surface area (Å²) in [5.74, 6) is 2.07. The van der Waals surface area contributed by atoms with E-state index in [4.69, 9.17) is 0 Å². The Morgan fingerprint density at radius 2 is 1.89 bits per heavy atom. The molecule has 2 aliphatic carbocycles. The molecule has 1 aromatic heterocycles. The molecule has 2 saturated carbocycles. The number of anilines is 1. The van der Waals surface area contributed by atoms with Gasteiger partial charge in [0, 0.05) is 41.7 Å². The fourth-order valence-electron chi connectivity index (χ4n) is 6.21. The molecule has 3 fully saturated rings. The zero-order chi connectivity index (χ0) is 23.9. The Hall–Kier alpha value is -3.23. The van der Waals surface area contributed by atoms with Crippen molar-refractivity contribution in [2.24, 2.45) is 11.8 Å². The molecular weight excluding hydrogens is 444 g/mol. The molecule has 184 valence electrons. The zero-order valence-corrected chi connectivity index (χ0v) is 19.8. The van der Waals surface area contributed by atoms with Crippen molar-refractivity contribution in [1.29, 1.82) is 0 Å². The Morgan fingerprint density at radius 3 is 2.60 bits per heavy atom. The van der Waals surface area contributed by atoms with Crippen LogP contribution in [-0.4, -0.2) is 49.9 Å². The standard InChI is InChI=1S/C26H32N6O3/c33-23-11-10-22(25(34)30-23)32-13-19-18(26(32)35)2-1-3-20(19)29-21(12-15-4-5-15)16-6-8-17(9-7-16)24-27-14-28-31-24/h1-3,14-17,21-22,29H,4-13H2,(H,27,28,31)(H,30,33,34)/t16?,17?,21-,22-/m0/s1. The van der Waals surface area contributed by atoms with Crippen LogP contribution in [0.3, 0.4) is 0 Å². The molecule has 0 bridgehead atoms. The Balaban J connectivity index is 1.18. The minimum absolute atomic E-state index is 0.121. The highest BCUT2D eigenvalue weighted by atomic mass is 16.2. The number of aromatic nitrogens is 3. The lowest BCUT2D eigenvalue weighted by atomic mass is 9.77. The maximum Gasteiger partial charge on any atom is 0.255 e. The highest BCUT2D eigenvalue weighted by molar-refractivity contribution is 6.06. The second-order valence-corrected chi connectivity index (χ2v) is 10.6. The number of hydrogen-bond acceptors (Lipinski definition) is 6. The molecule has 0 unspecified atom stereocenters. The highest BCUT2D eigenvalue weighted by Gasteiger charge is 2.40. The first-order valence-corrected chi connectivity index (χ1v) is 12.9. The molecule has 2 atom stereocenters. The van der Waals surface area contributed by atoms with E-state index in [1.165, 1.54) is 12.8 Å². The number of piperidine rings is 1. The summed E-state index contributed by atoms with van der Waals surface area (Å²) in [4.78, 5) is 43.3. The molecule has 9 heteroatoms. The van der Waals surface area contributed by atoms with Gasteiger partial charge in [0.1, 0.15) is 18.2 Å². The number of amides is 3. The van der Waals surface area contributed by atoms with E-state index in [0.717, 1.165) is 55.1 Å². The monoisotopic (exact) mass is 476 g/mol. The quantitative estimate of drug-likeness (QED) is 0.528. The Morgan fingerprint density at radius 1 is 1.06 bits per heavy atom. The Bertz CT molecular complexity index is 1120. The molecule has 1 saturated heterocycles. The molecule has 1 aromatic carbocycles. The first-order chi connectivity index (χ1) is 17.1. The largest absolute Gasteiger partial charge is 0.382 e. The van der Waals surface area contributed by atoms with E-state index in [9.17, 15) is 14.4 Å². The zero-order valence-electron chi connectivity index (χ0n) is 19.8. The molecule has 35 heavy (non-hydrogen) atoms. The van der Waals surface area contributed by atoms with Crippen LogP contribution >= 0.6 is 0 Å². The molecule has 2 aliphatic heterocycles. The van der Waals surface area contributed by atoms with Crippen molar-refractivity contribution in [1.82, 2.24) is 25.4 Å². The Kier molecular flexibility index (Phi) is 5.78. The van der Waals surface area contributed by atoms with Crippen molar-refractivity contribution in [3.05, 3.63) is 41.5 Å². The van der Waals surface area contributed by atoms with Gasteiger partial charge in [0.25, 0.3) is 5.91 Å². The fourth-order valence-corrected chi connectivity index (χ4v) is 6.21. The number of H-pyrrole nitrogens is 1. The van der Waals surface area contributed by atoms with E-state index in [1.54, 1.807) is 11.2 Å². The van der Waals surface area contributed by atoms with Gasteiger partial charge in [-0.15, -0.1) is 0 Å². The second kappa shape index (κ2) is 9.09. The number of fused-ring (bicyclic) bond motifs is 1. The minimum Gasteiger partial charge on any atom is -0.382 e. The second-order valence-electron chi connectivity index (χ2n) is 10.6. The van der Waals surface area contributed by atoms with Gasteiger partial charge in [-0.25, -0.2) is 4.98 Å². The van der Waals surface area contributed by atoms with Crippen LogP contribution in [0.1, 0.15) is 85.5 Å². The summed E-state index contributed by atoms with van der Waals surface area (Å²) in [5, 5.41) is 13.3. The van der Waals surface area contributed by atoms with E-state index in [2.05, 4.69) is 31.9 Å². The molecule has 3 N–H and O–H groups in total. The predicted octanol–water partition coefficient (Wildman–Crippen LogP) is 3.12. The van der Waals surface area contributed by atoms with Gasteiger partial charge in [0.05, 0.1) is 0 Å². The number of nitrogens with one attached hydrogen (secondary N) is 3. The fraction of sp³-hybridized carbons (Fsp3) is 0.577. The number of imide groups is 1. The molecule has 0 spiro atoms. The number of hydrogen-bond donors (Lipinski definition) is 3. The van der Waals surface area contributed by atoms with Crippen molar-refractivity contribution in [2.75, 3.05) is 5.32 Å². The van der Waals surface area contributed by atoms with Crippen LogP contribution in [0.5, 0.6) is 0 Å². The maximum absolute atomic E-state index is 13.2. The van der Waals surface area contributed by atoms with Crippen LogP contribution in [0.2, 0.25) is 0 Å². The van der Waals surface area contributed by atoms with E-state index >= 15 is 0 Å². The smallest absolute Gasteiger partial charge is 0.255 e. The maximum atomic E-state index is 13.2. The van der Waals surface area contributed by atoms with Gasteiger partial charge in [0.2, 0.25) is 11.8 Å². The van der Waals surface area contributed by atoms with Gasteiger partial charge in [0.15, 0.2) is 0 Å². The van der Waals surface area contributed by atoms with Gasteiger partial charge in [-0.3, -0.25) is 24.8 Å². The van der Waals surface area contributed by atoms with Crippen LogP contribution in [0.15, 0.2) is 24.5 Å². The minimum atomic E-state index is -0.589. The lowest BCUT2D eigenvalue weighted by Gasteiger charge is -2.35. The van der Waals surface area contributed by atoms with Crippen LogP contribution < -0.4 is 10.6 Å². The summed E-state index contributed by atoms with van der Waals surface area (Å²) in [6.45, 7) is 0.401. The number of nitrogens with zero attached hydrogens (tertiary/aromatic N) is 3. The van der Waals surface area contributed by atoms with Crippen molar-refractivity contribution in [3.63, 3.8) is 0 Å². The SMILES string of the molecule is O=C1CC[C@H](N2Cc3c(N[C@@H](CC4CC4)C4CCC(c5ncn[nH]5)CC4)cccc3C2=O)C(=O)N1. The van der Waals surface area contributed by atoms with Crippen LogP contribution in [0, 0.1) is 11.8 Å². The van der Waals surface area contributed by atoms with Crippen molar-refractivity contribution >= 4 is 23.4 Å². The molecule has 4 aliphatic rings. The van der Waals surface area contributed by atoms with Crippen molar-refractivity contribution in [3.8, 4) is 0 Å². The van der Waals surface area contributed by atoms with Gasteiger partial charge in [-0.1, -0.05) is 18.9 Å². The predicted molar refractivity (Wildman–Crippen MR) is 128 cm³/mol. The van der Waals surface area contributed by atoms with Crippen LogP contribution in [0.25, 0.3) is 0 Å². The van der Waals surface area contributed by atoms with Gasteiger partial charge in [-0.2, -0.15) is 5.10 Å². The van der Waals surface area contributed by atoms with Crippen molar-refractivity contribution < 1.29 is 14.4 Å². The topological polar surface area (TPSA) is 120 Å². The third-order valence-electron chi connectivity index (χ3n) is 8.37. The molecule has 3 amide bonds. The number of carbonyl (C=O) groups is 3. The third-order valence-corrected chi connectivity index (χ3v) is 8.37. The molecule has 2 aromatic rings. The number of carbonyl (C=O) groups excluding carboxylic acids is 3. The van der Waals surface area contributed by atoms with Gasteiger partial charge in [-0.05, 0) is 62.5 Å². The molecular formula is C26H32N6O3. The highest BCUT2D eigenvalue weighted by Crippen LogP contribution is 2.42. The van der Waals surface area contributed by atoms with Gasteiger partial charge >= 0.3 is 0 Å². The van der Waals surface area contributed by atoms with E-state index < -0.39 is 6.04 Å². The first kappa shape index (κ1) is 22.2. The number of rotatable bonds is 7. The van der Waals surface area contributed by atoms with Crippen molar-refractivity contribution in [2.45, 2.75) is 82.3 Å². The average molecular weight is 477 g/mol. The van der Waals surface area contributed by atoms with Crippen LogP contribution in [0.4, 0.5) is 5.69 Å². The molecule has 0 radical (unpaired) electrons. The summed E-state index contributed by atoms with van der Waals surface area (Å²) in [5.41, 5.74) is 2.64. The summed E-state index contributed by atoms with van der Waals surface area (Å²) in [6, 6.07) is 5.63. The van der Waals surface area contributed by atoms with Gasteiger partial charge < -0.3 is 10.2 Å². The average Bonchev–Trinajstić information content (AvgIpc) is 3.38. The molecule has 9 nitrogen and oxygen atoms in total. The lowest BCUT2D eigenvalue weighted by Crippen LogP contribution is -2.52. The first-order valence-electron chi connectivity index (χ1n) is 12.9. The number of aromatic amines is 1.